The molecule has 4 rings (SSSR count). The van der Waals surface area contributed by atoms with Gasteiger partial charge in [0, 0.05) is 12.8 Å². The summed E-state index contributed by atoms with van der Waals surface area (Å²) in [7, 11) is 0. The van der Waals surface area contributed by atoms with E-state index >= 15 is 0 Å². The number of carbonyl (C=O) groups is 1. The second-order valence-corrected chi connectivity index (χ2v) is 7.14. The maximum atomic E-state index is 11.6. The van der Waals surface area contributed by atoms with E-state index in [0.717, 1.165) is 19.3 Å². The van der Waals surface area contributed by atoms with Crippen molar-refractivity contribution in [3.05, 3.63) is 47.1 Å². The van der Waals surface area contributed by atoms with Crippen molar-refractivity contribution in [1.29, 1.82) is 0 Å². The molecule has 1 unspecified atom stereocenters. The van der Waals surface area contributed by atoms with Gasteiger partial charge in [0.25, 0.3) is 0 Å². The summed E-state index contributed by atoms with van der Waals surface area (Å²) in [5, 5.41) is 9.98. The first-order valence-corrected chi connectivity index (χ1v) is 9.65. The highest BCUT2D eigenvalue weighted by molar-refractivity contribution is 6.33. The average molecular weight is 405 g/mol. The number of aromatic carboxylic acids is 1. The van der Waals surface area contributed by atoms with Crippen LogP contribution in [0.25, 0.3) is 0 Å². The highest BCUT2D eigenvalue weighted by Gasteiger charge is 2.34. The number of carboxylic acids is 1. The quantitative estimate of drug-likeness (QED) is 0.809. The second kappa shape index (κ2) is 8.34. The Morgan fingerprint density at radius 3 is 2.96 bits per heavy atom. The number of para-hydroxylation sites is 1. The maximum Gasteiger partial charge on any atom is 0.339 e. The van der Waals surface area contributed by atoms with Crippen LogP contribution in [0.2, 0.25) is 5.02 Å². The second-order valence-electron chi connectivity index (χ2n) is 6.73. The van der Waals surface area contributed by atoms with Gasteiger partial charge < -0.3 is 24.2 Å². The third-order valence-corrected chi connectivity index (χ3v) is 5.14. The number of nitrogens with zero attached hydrogens (tertiary/aromatic N) is 2. The molecule has 0 aliphatic carbocycles. The summed E-state index contributed by atoms with van der Waals surface area (Å²) >= 11 is 6.41. The van der Waals surface area contributed by atoms with Crippen LogP contribution in [0.5, 0.6) is 5.75 Å². The largest absolute Gasteiger partial charge is 0.488 e. The van der Waals surface area contributed by atoms with Crippen LogP contribution in [0.1, 0.15) is 29.6 Å². The zero-order chi connectivity index (χ0) is 19.5. The molecule has 1 fully saturated rings. The van der Waals surface area contributed by atoms with Gasteiger partial charge in [0.2, 0.25) is 0 Å². The first-order valence-electron chi connectivity index (χ1n) is 9.27. The molecule has 1 saturated heterocycles. The Kier molecular flexibility index (Phi) is 5.66. The van der Waals surface area contributed by atoms with Crippen LogP contribution in [-0.4, -0.2) is 48.2 Å². The van der Waals surface area contributed by atoms with Crippen LogP contribution in [-0.2, 0) is 9.47 Å². The molecule has 1 aromatic carbocycles. The van der Waals surface area contributed by atoms with Gasteiger partial charge in [-0.15, -0.1) is 0 Å². The number of carboxylic acid groups (broad SMARTS) is 1. The van der Waals surface area contributed by atoms with Gasteiger partial charge in [0.15, 0.2) is 17.9 Å². The molecule has 0 radical (unpaired) electrons. The van der Waals surface area contributed by atoms with Gasteiger partial charge in [-0.25, -0.2) is 9.78 Å². The molecule has 8 heteroatoms. The number of halogens is 1. The summed E-state index contributed by atoms with van der Waals surface area (Å²) < 4.78 is 17.5. The molecule has 2 aliphatic heterocycles. The van der Waals surface area contributed by atoms with E-state index in [1.807, 2.05) is 4.90 Å². The highest BCUT2D eigenvalue weighted by Crippen LogP contribution is 2.42. The van der Waals surface area contributed by atoms with Crippen LogP contribution in [0.15, 0.2) is 36.5 Å². The van der Waals surface area contributed by atoms with E-state index in [-0.39, 0.29) is 24.5 Å². The number of hydrogen-bond acceptors (Lipinski definition) is 6. The maximum absolute atomic E-state index is 11.6. The van der Waals surface area contributed by atoms with Crippen LogP contribution < -0.4 is 9.64 Å². The number of rotatable bonds is 5. The molecule has 28 heavy (non-hydrogen) atoms. The standard InChI is InChI=1S/C20H21ClN2O5/c21-15-6-4-9-22-19(15)23-13(11-27-17-8-1-2-10-26-17)12-28-18-14(20(24)25)5-3-7-16(18)23/h3-7,9,13,17H,1-2,8,10-12H2,(H,24,25)/t13?,17-/m1/s1. The highest BCUT2D eigenvalue weighted by atomic mass is 35.5. The molecule has 1 N–H and O–H groups in total. The monoisotopic (exact) mass is 404 g/mol. The van der Waals surface area contributed by atoms with Gasteiger partial charge >= 0.3 is 5.97 Å². The van der Waals surface area contributed by atoms with Crippen molar-refractivity contribution in [1.82, 2.24) is 4.98 Å². The predicted molar refractivity (Wildman–Crippen MR) is 104 cm³/mol. The van der Waals surface area contributed by atoms with Gasteiger partial charge in [-0.1, -0.05) is 17.7 Å². The molecule has 0 bridgehead atoms. The fourth-order valence-electron chi connectivity index (χ4n) is 3.51. The third-order valence-electron chi connectivity index (χ3n) is 4.85. The van der Waals surface area contributed by atoms with E-state index in [2.05, 4.69) is 4.98 Å². The topological polar surface area (TPSA) is 81.1 Å². The zero-order valence-electron chi connectivity index (χ0n) is 15.2. The smallest absolute Gasteiger partial charge is 0.339 e. The number of benzene rings is 1. The van der Waals surface area contributed by atoms with Gasteiger partial charge in [0.05, 0.1) is 23.4 Å². The third kappa shape index (κ3) is 3.78. The number of hydrogen-bond donors (Lipinski definition) is 1. The van der Waals surface area contributed by atoms with Crippen molar-refractivity contribution in [2.45, 2.75) is 31.6 Å². The summed E-state index contributed by atoms with van der Waals surface area (Å²) in [6, 6.07) is 8.28. The van der Waals surface area contributed by atoms with E-state index in [0.29, 0.717) is 35.5 Å². The number of aromatic nitrogens is 1. The molecule has 148 valence electrons. The molecule has 2 aromatic rings. The lowest BCUT2D eigenvalue weighted by molar-refractivity contribution is -0.165. The first-order chi connectivity index (χ1) is 13.6. The van der Waals surface area contributed by atoms with Crippen molar-refractivity contribution in [3.63, 3.8) is 0 Å². The molecule has 0 spiro atoms. The minimum Gasteiger partial charge on any atom is -0.488 e. The lowest BCUT2D eigenvalue weighted by Crippen LogP contribution is -2.45. The Balaban J connectivity index is 1.68. The Bertz CT molecular complexity index is 856. The fourth-order valence-corrected chi connectivity index (χ4v) is 3.72. The van der Waals surface area contributed by atoms with E-state index in [9.17, 15) is 9.90 Å². The summed E-state index contributed by atoms with van der Waals surface area (Å²) in [4.78, 5) is 17.9. The minimum absolute atomic E-state index is 0.101. The lowest BCUT2D eigenvalue weighted by Gasteiger charge is -2.39. The number of fused-ring (bicyclic) bond motifs is 1. The van der Waals surface area contributed by atoms with Crippen LogP contribution >= 0.6 is 11.6 Å². The Morgan fingerprint density at radius 2 is 2.21 bits per heavy atom. The fraction of sp³-hybridized carbons (Fsp3) is 0.400. The SMILES string of the molecule is O=C(O)c1cccc2c1OCC(CO[C@@H]1CCCCO1)N2c1ncccc1Cl. The molecule has 2 aliphatic rings. The van der Waals surface area contributed by atoms with Gasteiger partial charge in [-0.05, 0) is 43.5 Å². The molecular formula is C20H21ClN2O5. The van der Waals surface area contributed by atoms with Crippen molar-refractivity contribution >= 4 is 29.1 Å². The van der Waals surface area contributed by atoms with E-state index in [4.69, 9.17) is 25.8 Å². The average Bonchev–Trinajstić information content (AvgIpc) is 2.72. The van der Waals surface area contributed by atoms with Crippen molar-refractivity contribution < 1.29 is 24.1 Å². The van der Waals surface area contributed by atoms with E-state index in [1.54, 1.807) is 30.5 Å². The Hall–Kier alpha value is -2.35. The van der Waals surface area contributed by atoms with Crippen LogP contribution in [0.3, 0.4) is 0 Å². The van der Waals surface area contributed by atoms with Gasteiger partial charge in [-0.2, -0.15) is 0 Å². The minimum atomic E-state index is -1.05. The predicted octanol–water partition coefficient (Wildman–Crippen LogP) is 3.88. The first kappa shape index (κ1) is 19.0. The van der Waals surface area contributed by atoms with E-state index < -0.39 is 5.97 Å². The van der Waals surface area contributed by atoms with Gasteiger partial charge in [-0.3, -0.25) is 0 Å². The lowest BCUT2D eigenvalue weighted by atomic mass is 10.1. The number of anilines is 2. The van der Waals surface area contributed by atoms with Crippen molar-refractivity contribution in [3.8, 4) is 5.75 Å². The van der Waals surface area contributed by atoms with Crippen LogP contribution in [0, 0.1) is 0 Å². The summed E-state index contributed by atoms with van der Waals surface area (Å²) in [6.45, 7) is 1.29. The summed E-state index contributed by atoms with van der Waals surface area (Å²) in [5.74, 6) is -0.203. The van der Waals surface area contributed by atoms with Crippen LogP contribution in [0.4, 0.5) is 11.5 Å². The number of ether oxygens (including phenoxy) is 3. The molecule has 0 saturated carbocycles. The molecule has 3 heterocycles. The van der Waals surface area contributed by atoms with E-state index in [1.165, 1.54) is 6.07 Å². The summed E-state index contributed by atoms with van der Waals surface area (Å²) in [5.41, 5.74) is 0.703. The van der Waals surface area contributed by atoms with Gasteiger partial charge in [0.1, 0.15) is 12.2 Å². The zero-order valence-corrected chi connectivity index (χ0v) is 16.0. The molecule has 7 nitrogen and oxygen atoms in total. The molecule has 2 atom stereocenters. The van der Waals surface area contributed by atoms with Crippen molar-refractivity contribution in [2.24, 2.45) is 0 Å². The molecular weight excluding hydrogens is 384 g/mol. The molecule has 1 aromatic heterocycles. The Morgan fingerprint density at radius 1 is 1.32 bits per heavy atom. The normalized spacial score (nSPS) is 21.7. The molecule has 0 amide bonds. The Labute approximate surface area is 167 Å². The van der Waals surface area contributed by atoms with Crippen molar-refractivity contribution in [2.75, 3.05) is 24.7 Å². The number of pyridine rings is 1. The summed E-state index contributed by atoms with van der Waals surface area (Å²) in [6.07, 6.45) is 4.40.